The molecule has 0 aromatic heterocycles. The number of halogens is 1. The predicted molar refractivity (Wildman–Crippen MR) is 55.5 cm³/mol. The molecule has 1 fully saturated rings. The number of alkyl halides is 1. The Morgan fingerprint density at radius 3 is 2.50 bits per heavy atom. The highest BCUT2D eigenvalue weighted by molar-refractivity contribution is 9.10. The van der Waals surface area contributed by atoms with E-state index in [1.807, 2.05) is 0 Å². The first kappa shape index (κ1) is 13.8. The van der Waals surface area contributed by atoms with Crippen LogP contribution in [0.1, 0.15) is 6.92 Å². The van der Waals surface area contributed by atoms with Crippen LogP contribution in [0, 0.1) is 0 Å². The van der Waals surface area contributed by atoms with Crippen LogP contribution >= 0.6 is 15.9 Å². The standard InChI is InChI=1S/C8H14BrNO6/c1-3(12)10-7-6(14)5(13)4(2-11)16-8(7,9)15/h4-7,11,13-15H,2H2,1H3,(H,10,12)/t4-,5-,6+,7-,8?/m1/s1. The third kappa shape index (κ3) is 2.70. The second-order valence-corrected chi connectivity index (χ2v) is 4.74. The van der Waals surface area contributed by atoms with Gasteiger partial charge in [-0.3, -0.25) is 4.79 Å². The average Bonchev–Trinajstić information content (AvgIpc) is 2.18. The summed E-state index contributed by atoms with van der Waals surface area (Å²) in [6, 6.07) is -1.23. The number of rotatable bonds is 2. The third-order valence-corrected chi connectivity index (χ3v) is 2.99. The number of amides is 1. The van der Waals surface area contributed by atoms with Crippen molar-refractivity contribution in [3.8, 4) is 0 Å². The second-order valence-electron chi connectivity index (χ2n) is 3.61. The molecule has 8 heteroatoms. The summed E-state index contributed by atoms with van der Waals surface area (Å²) in [5, 5.41) is 40.1. The van der Waals surface area contributed by atoms with E-state index in [2.05, 4.69) is 21.2 Å². The molecule has 0 bridgehead atoms. The fourth-order valence-electron chi connectivity index (χ4n) is 1.52. The van der Waals surface area contributed by atoms with E-state index < -0.39 is 41.6 Å². The summed E-state index contributed by atoms with van der Waals surface area (Å²) in [4.78, 5) is 10.9. The summed E-state index contributed by atoms with van der Waals surface area (Å²) < 4.78 is 2.88. The Labute approximate surface area is 100 Å². The van der Waals surface area contributed by atoms with Gasteiger partial charge in [-0.2, -0.15) is 0 Å². The molecule has 16 heavy (non-hydrogen) atoms. The van der Waals surface area contributed by atoms with Crippen molar-refractivity contribution in [3.05, 3.63) is 0 Å². The van der Waals surface area contributed by atoms with Crippen molar-refractivity contribution in [2.24, 2.45) is 0 Å². The summed E-state index contributed by atoms with van der Waals surface area (Å²) in [6.07, 6.45) is -4.00. The quantitative estimate of drug-likeness (QED) is 0.364. The molecule has 1 unspecified atom stereocenters. The van der Waals surface area contributed by atoms with Crippen LogP contribution in [-0.4, -0.2) is 62.0 Å². The lowest BCUT2D eigenvalue weighted by atomic mass is 9.97. The summed E-state index contributed by atoms with van der Waals surface area (Å²) in [5.41, 5.74) is 0. The largest absolute Gasteiger partial charge is 0.394 e. The average molecular weight is 300 g/mol. The Kier molecular flexibility index (Phi) is 4.27. The van der Waals surface area contributed by atoms with Gasteiger partial charge in [-0.05, 0) is 15.9 Å². The SMILES string of the molecule is CC(=O)N[C@@H]1[C@@H](O)[C@H](O)[C@@H](CO)OC1(O)Br. The predicted octanol–water partition coefficient (Wildman–Crippen LogP) is -2.35. The van der Waals surface area contributed by atoms with Crippen LogP contribution in [0.5, 0.6) is 0 Å². The topological polar surface area (TPSA) is 119 Å². The van der Waals surface area contributed by atoms with E-state index in [9.17, 15) is 20.1 Å². The second kappa shape index (κ2) is 4.94. The van der Waals surface area contributed by atoms with Crippen LogP contribution in [0.15, 0.2) is 0 Å². The molecule has 0 aromatic rings. The van der Waals surface area contributed by atoms with Crippen molar-refractivity contribution in [1.29, 1.82) is 0 Å². The van der Waals surface area contributed by atoms with E-state index in [1.165, 1.54) is 6.92 Å². The van der Waals surface area contributed by atoms with Crippen molar-refractivity contribution in [1.82, 2.24) is 5.32 Å². The first-order valence-corrected chi connectivity index (χ1v) is 5.42. The van der Waals surface area contributed by atoms with Gasteiger partial charge in [-0.25, -0.2) is 0 Å². The molecular formula is C8H14BrNO6. The Morgan fingerprint density at radius 1 is 1.50 bits per heavy atom. The highest BCUT2D eigenvalue weighted by Gasteiger charge is 2.52. The van der Waals surface area contributed by atoms with Crippen LogP contribution in [-0.2, 0) is 9.53 Å². The molecule has 0 saturated carbocycles. The van der Waals surface area contributed by atoms with Crippen molar-refractivity contribution < 1.29 is 30.0 Å². The van der Waals surface area contributed by atoms with Crippen LogP contribution in [0.3, 0.4) is 0 Å². The lowest BCUT2D eigenvalue weighted by Crippen LogP contribution is -2.67. The molecular weight excluding hydrogens is 286 g/mol. The summed E-state index contributed by atoms with van der Waals surface area (Å²) >= 11 is 2.77. The van der Waals surface area contributed by atoms with Crippen molar-refractivity contribution in [2.45, 2.75) is 36.0 Å². The lowest BCUT2D eigenvalue weighted by molar-refractivity contribution is -0.269. The van der Waals surface area contributed by atoms with Crippen molar-refractivity contribution in [3.63, 3.8) is 0 Å². The number of aliphatic hydroxyl groups excluding tert-OH is 3. The van der Waals surface area contributed by atoms with Gasteiger partial charge in [0, 0.05) is 6.92 Å². The maximum atomic E-state index is 10.9. The molecule has 7 nitrogen and oxygen atoms in total. The lowest BCUT2D eigenvalue weighted by Gasteiger charge is -2.44. The maximum absolute atomic E-state index is 10.9. The van der Waals surface area contributed by atoms with Gasteiger partial charge in [0.1, 0.15) is 24.4 Å². The molecule has 1 aliphatic heterocycles. The third-order valence-electron chi connectivity index (χ3n) is 2.31. The van der Waals surface area contributed by atoms with Crippen LogP contribution in [0.2, 0.25) is 0 Å². The molecule has 0 spiro atoms. The van der Waals surface area contributed by atoms with Crippen molar-refractivity contribution >= 4 is 21.8 Å². The number of hydrogen-bond acceptors (Lipinski definition) is 6. The van der Waals surface area contributed by atoms with Crippen LogP contribution in [0.4, 0.5) is 0 Å². The monoisotopic (exact) mass is 299 g/mol. The van der Waals surface area contributed by atoms with Gasteiger partial charge in [0.25, 0.3) is 0 Å². The highest BCUT2D eigenvalue weighted by Crippen LogP contribution is 2.32. The number of aliphatic hydroxyl groups is 4. The number of hydrogen-bond donors (Lipinski definition) is 5. The maximum Gasteiger partial charge on any atom is 0.248 e. The molecule has 0 aliphatic carbocycles. The zero-order valence-electron chi connectivity index (χ0n) is 8.50. The van der Waals surface area contributed by atoms with Gasteiger partial charge >= 0.3 is 0 Å². The van der Waals surface area contributed by atoms with Gasteiger partial charge in [0.2, 0.25) is 10.6 Å². The van der Waals surface area contributed by atoms with E-state index >= 15 is 0 Å². The summed E-state index contributed by atoms with van der Waals surface area (Å²) in [6.45, 7) is 0.624. The van der Waals surface area contributed by atoms with E-state index in [0.717, 1.165) is 0 Å². The molecule has 1 heterocycles. The molecule has 5 N–H and O–H groups in total. The molecule has 0 aromatic carbocycles. The van der Waals surface area contributed by atoms with Gasteiger partial charge in [-0.15, -0.1) is 0 Å². The van der Waals surface area contributed by atoms with Gasteiger partial charge in [0.15, 0.2) is 0 Å². The number of carbonyl (C=O) groups is 1. The van der Waals surface area contributed by atoms with E-state index in [-0.39, 0.29) is 0 Å². The minimum atomic E-state index is -2.04. The highest BCUT2D eigenvalue weighted by atomic mass is 79.9. The summed E-state index contributed by atoms with van der Waals surface area (Å²) in [7, 11) is 0. The van der Waals surface area contributed by atoms with Gasteiger partial charge in [-0.1, -0.05) is 0 Å². The number of ether oxygens (including phenoxy) is 1. The molecule has 0 radical (unpaired) electrons. The fourth-order valence-corrected chi connectivity index (χ4v) is 2.15. The Balaban J connectivity index is 2.87. The Hall–Kier alpha value is -0.250. The molecule has 5 atom stereocenters. The summed E-state index contributed by atoms with van der Waals surface area (Å²) in [5.74, 6) is -0.500. The van der Waals surface area contributed by atoms with Gasteiger partial charge < -0.3 is 30.5 Å². The molecule has 1 rings (SSSR count). The fraction of sp³-hybridized carbons (Fsp3) is 0.875. The van der Waals surface area contributed by atoms with Gasteiger partial charge in [0.05, 0.1) is 6.61 Å². The number of carbonyl (C=O) groups excluding carboxylic acids is 1. The molecule has 1 aliphatic rings. The minimum absolute atomic E-state index is 0.500. The van der Waals surface area contributed by atoms with Crippen molar-refractivity contribution in [2.75, 3.05) is 6.61 Å². The molecule has 1 amide bonds. The van der Waals surface area contributed by atoms with Crippen LogP contribution < -0.4 is 5.32 Å². The molecule has 94 valence electrons. The normalized spacial score (nSPS) is 44.1. The van der Waals surface area contributed by atoms with E-state index in [0.29, 0.717) is 0 Å². The Morgan fingerprint density at radius 2 is 2.06 bits per heavy atom. The van der Waals surface area contributed by atoms with E-state index in [4.69, 9.17) is 9.84 Å². The Bertz CT molecular complexity index is 273. The number of nitrogens with one attached hydrogen (secondary N) is 1. The smallest absolute Gasteiger partial charge is 0.248 e. The van der Waals surface area contributed by atoms with Crippen LogP contribution in [0.25, 0.3) is 0 Å². The first-order valence-electron chi connectivity index (χ1n) is 4.62. The minimum Gasteiger partial charge on any atom is -0.394 e. The van der Waals surface area contributed by atoms with E-state index in [1.54, 1.807) is 0 Å². The zero-order valence-corrected chi connectivity index (χ0v) is 10.1. The molecule has 1 saturated heterocycles. The zero-order chi connectivity index (χ0) is 12.5. The first-order chi connectivity index (χ1) is 7.29.